The molecule has 1 unspecified atom stereocenters. The molecule has 1 saturated carbocycles. The van der Waals surface area contributed by atoms with Crippen molar-refractivity contribution < 1.29 is 4.74 Å². The minimum Gasteiger partial charge on any atom is -0.385 e. The molecule has 0 heterocycles. The average Bonchev–Trinajstić information content (AvgIpc) is 2.25. The standard InChI is InChI=1S/C13H27NO/c1-11(2)13(9-10-15-3)14-12-7-5-4-6-8-12/h11-14H,4-10H2,1-3H3. The first-order valence-corrected chi connectivity index (χ1v) is 6.49. The summed E-state index contributed by atoms with van der Waals surface area (Å²) in [4.78, 5) is 0. The van der Waals surface area contributed by atoms with Crippen molar-refractivity contribution in [1.29, 1.82) is 0 Å². The molecular formula is C13H27NO. The van der Waals surface area contributed by atoms with Gasteiger partial charge in [-0.3, -0.25) is 0 Å². The molecule has 1 aliphatic rings. The van der Waals surface area contributed by atoms with Crippen LogP contribution in [0.5, 0.6) is 0 Å². The van der Waals surface area contributed by atoms with Gasteiger partial charge in [-0.2, -0.15) is 0 Å². The number of nitrogens with one attached hydrogen (secondary N) is 1. The largest absolute Gasteiger partial charge is 0.385 e. The van der Waals surface area contributed by atoms with E-state index in [0.29, 0.717) is 12.0 Å². The summed E-state index contributed by atoms with van der Waals surface area (Å²) in [6.07, 6.45) is 8.14. The summed E-state index contributed by atoms with van der Waals surface area (Å²) in [5.41, 5.74) is 0. The SMILES string of the molecule is COCCC(NC1CCCCC1)C(C)C. The van der Waals surface area contributed by atoms with Crippen LogP contribution in [0.15, 0.2) is 0 Å². The summed E-state index contributed by atoms with van der Waals surface area (Å²) in [5.74, 6) is 0.710. The lowest BCUT2D eigenvalue weighted by atomic mass is 9.92. The lowest BCUT2D eigenvalue weighted by molar-refractivity contribution is 0.166. The summed E-state index contributed by atoms with van der Waals surface area (Å²) in [7, 11) is 1.79. The molecule has 2 heteroatoms. The molecule has 1 aliphatic carbocycles. The normalized spacial score (nSPS) is 20.8. The number of hydrogen-bond acceptors (Lipinski definition) is 2. The first-order chi connectivity index (χ1) is 7.24. The second-order valence-corrected chi connectivity index (χ2v) is 5.13. The Hall–Kier alpha value is -0.0800. The highest BCUT2D eigenvalue weighted by Gasteiger charge is 2.19. The van der Waals surface area contributed by atoms with Crippen LogP contribution < -0.4 is 5.32 Å². The van der Waals surface area contributed by atoms with Crippen LogP contribution in [0.3, 0.4) is 0 Å². The van der Waals surface area contributed by atoms with Gasteiger partial charge in [0, 0.05) is 25.8 Å². The molecule has 0 amide bonds. The predicted molar refractivity (Wildman–Crippen MR) is 65.1 cm³/mol. The first kappa shape index (κ1) is 13.0. The summed E-state index contributed by atoms with van der Waals surface area (Å²) < 4.78 is 5.17. The maximum absolute atomic E-state index is 5.17. The topological polar surface area (TPSA) is 21.3 Å². The highest BCUT2D eigenvalue weighted by molar-refractivity contribution is 4.79. The van der Waals surface area contributed by atoms with Gasteiger partial charge in [0.05, 0.1) is 0 Å². The smallest absolute Gasteiger partial charge is 0.0477 e. The third-order valence-electron chi connectivity index (χ3n) is 3.49. The summed E-state index contributed by atoms with van der Waals surface area (Å²) in [5, 5.41) is 3.81. The number of methoxy groups -OCH3 is 1. The Morgan fingerprint density at radius 3 is 2.40 bits per heavy atom. The van der Waals surface area contributed by atoms with Gasteiger partial charge >= 0.3 is 0 Å². The second-order valence-electron chi connectivity index (χ2n) is 5.13. The van der Waals surface area contributed by atoms with Crippen LogP contribution in [0, 0.1) is 5.92 Å². The van der Waals surface area contributed by atoms with E-state index in [9.17, 15) is 0 Å². The van der Waals surface area contributed by atoms with Crippen molar-refractivity contribution in [2.45, 2.75) is 64.5 Å². The minimum atomic E-state index is 0.632. The Morgan fingerprint density at radius 2 is 1.87 bits per heavy atom. The van der Waals surface area contributed by atoms with Gasteiger partial charge in [-0.05, 0) is 25.2 Å². The van der Waals surface area contributed by atoms with Crippen molar-refractivity contribution in [1.82, 2.24) is 5.32 Å². The van der Waals surface area contributed by atoms with Crippen LogP contribution in [-0.2, 0) is 4.74 Å². The molecule has 0 spiro atoms. The van der Waals surface area contributed by atoms with Crippen LogP contribution >= 0.6 is 0 Å². The van der Waals surface area contributed by atoms with Crippen LogP contribution in [0.2, 0.25) is 0 Å². The zero-order chi connectivity index (χ0) is 11.1. The molecule has 0 saturated heterocycles. The van der Waals surface area contributed by atoms with Gasteiger partial charge in [-0.15, -0.1) is 0 Å². The molecule has 15 heavy (non-hydrogen) atoms. The minimum absolute atomic E-state index is 0.632. The van der Waals surface area contributed by atoms with Gasteiger partial charge in [0.1, 0.15) is 0 Å². The van der Waals surface area contributed by atoms with E-state index < -0.39 is 0 Å². The van der Waals surface area contributed by atoms with Gasteiger partial charge in [-0.25, -0.2) is 0 Å². The lowest BCUT2D eigenvalue weighted by Crippen LogP contribution is -2.42. The van der Waals surface area contributed by atoms with E-state index in [-0.39, 0.29) is 0 Å². The molecule has 0 aromatic heterocycles. The van der Waals surface area contributed by atoms with Crippen LogP contribution in [0.4, 0.5) is 0 Å². The van der Waals surface area contributed by atoms with Crippen molar-refractivity contribution in [3.8, 4) is 0 Å². The van der Waals surface area contributed by atoms with E-state index in [1.807, 2.05) is 0 Å². The highest BCUT2D eigenvalue weighted by atomic mass is 16.5. The molecule has 1 atom stereocenters. The lowest BCUT2D eigenvalue weighted by Gasteiger charge is -2.30. The van der Waals surface area contributed by atoms with Gasteiger partial charge in [-0.1, -0.05) is 33.1 Å². The van der Waals surface area contributed by atoms with E-state index in [2.05, 4.69) is 19.2 Å². The van der Waals surface area contributed by atoms with Crippen molar-refractivity contribution in [3.05, 3.63) is 0 Å². The molecule has 0 aliphatic heterocycles. The monoisotopic (exact) mass is 213 g/mol. The Kier molecular flexibility index (Phi) is 6.26. The zero-order valence-electron chi connectivity index (χ0n) is 10.6. The maximum atomic E-state index is 5.17. The highest BCUT2D eigenvalue weighted by Crippen LogP contribution is 2.19. The van der Waals surface area contributed by atoms with E-state index >= 15 is 0 Å². The van der Waals surface area contributed by atoms with Crippen LogP contribution in [0.1, 0.15) is 52.4 Å². The van der Waals surface area contributed by atoms with E-state index in [1.54, 1.807) is 7.11 Å². The second kappa shape index (κ2) is 7.24. The van der Waals surface area contributed by atoms with E-state index in [4.69, 9.17) is 4.74 Å². The molecule has 90 valence electrons. The molecular weight excluding hydrogens is 186 g/mol. The Labute approximate surface area is 94.8 Å². The molecule has 2 nitrogen and oxygen atoms in total. The number of hydrogen-bond donors (Lipinski definition) is 1. The third kappa shape index (κ3) is 4.98. The average molecular weight is 213 g/mol. The molecule has 0 radical (unpaired) electrons. The first-order valence-electron chi connectivity index (χ1n) is 6.49. The third-order valence-corrected chi connectivity index (χ3v) is 3.49. The van der Waals surface area contributed by atoms with Crippen LogP contribution in [0.25, 0.3) is 0 Å². The van der Waals surface area contributed by atoms with Gasteiger partial charge < -0.3 is 10.1 Å². The molecule has 1 fully saturated rings. The number of ether oxygens (including phenoxy) is 1. The van der Waals surface area contributed by atoms with Gasteiger partial charge in [0.15, 0.2) is 0 Å². The zero-order valence-corrected chi connectivity index (χ0v) is 10.6. The fraction of sp³-hybridized carbons (Fsp3) is 1.00. The maximum Gasteiger partial charge on any atom is 0.0477 e. The molecule has 0 aromatic carbocycles. The summed E-state index contributed by atoms with van der Waals surface area (Å²) in [6.45, 7) is 5.48. The van der Waals surface area contributed by atoms with E-state index in [1.165, 1.54) is 32.1 Å². The summed E-state index contributed by atoms with van der Waals surface area (Å²) in [6, 6.07) is 1.40. The van der Waals surface area contributed by atoms with Crippen LogP contribution in [-0.4, -0.2) is 25.8 Å². The van der Waals surface area contributed by atoms with Crippen molar-refractivity contribution in [3.63, 3.8) is 0 Å². The van der Waals surface area contributed by atoms with E-state index in [0.717, 1.165) is 19.1 Å². The molecule has 0 aromatic rings. The van der Waals surface area contributed by atoms with Gasteiger partial charge in [0.25, 0.3) is 0 Å². The van der Waals surface area contributed by atoms with Crippen molar-refractivity contribution >= 4 is 0 Å². The van der Waals surface area contributed by atoms with Crippen molar-refractivity contribution in [2.75, 3.05) is 13.7 Å². The molecule has 1 N–H and O–H groups in total. The molecule has 0 bridgehead atoms. The van der Waals surface area contributed by atoms with Crippen molar-refractivity contribution in [2.24, 2.45) is 5.92 Å². The predicted octanol–water partition coefficient (Wildman–Crippen LogP) is 2.97. The number of rotatable bonds is 6. The quantitative estimate of drug-likeness (QED) is 0.732. The Bertz CT molecular complexity index is 153. The molecule has 1 rings (SSSR count). The summed E-state index contributed by atoms with van der Waals surface area (Å²) >= 11 is 0. The Morgan fingerprint density at radius 1 is 1.20 bits per heavy atom. The van der Waals surface area contributed by atoms with Gasteiger partial charge in [0.2, 0.25) is 0 Å². The Balaban J connectivity index is 2.28. The fourth-order valence-corrected chi connectivity index (χ4v) is 2.43. The fourth-order valence-electron chi connectivity index (χ4n) is 2.43.